The topological polar surface area (TPSA) is 49.8 Å². The molecule has 1 aliphatic heterocycles. The van der Waals surface area contributed by atoms with Crippen molar-refractivity contribution in [3.05, 3.63) is 35.4 Å². The normalized spacial score (nSPS) is 23.4. The van der Waals surface area contributed by atoms with Crippen molar-refractivity contribution in [2.24, 2.45) is 0 Å². The standard InChI is InChI=1S/C15H21NO3/c1-11-3-5-13(6-4-11)7-15(18)16-8-12(2)19-14(9-16)10-17/h3-6,12,14,17H,7-10H2,1-2H3. The lowest BCUT2D eigenvalue weighted by Crippen LogP contribution is -2.50. The van der Waals surface area contributed by atoms with Gasteiger partial charge in [-0.3, -0.25) is 4.79 Å². The van der Waals surface area contributed by atoms with Gasteiger partial charge >= 0.3 is 0 Å². The molecule has 0 aromatic heterocycles. The molecular weight excluding hydrogens is 242 g/mol. The van der Waals surface area contributed by atoms with E-state index < -0.39 is 0 Å². The summed E-state index contributed by atoms with van der Waals surface area (Å²) in [7, 11) is 0. The maximum atomic E-state index is 12.2. The molecule has 0 radical (unpaired) electrons. The van der Waals surface area contributed by atoms with Crippen molar-refractivity contribution in [2.75, 3.05) is 19.7 Å². The lowest BCUT2D eigenvalue weighted by Gasteiger charge is -2.36. The van der Waals surface area contributed by atoms with Crippen molar-refractivity contribution in [1.29, 1.82) is 0 Å². The van der Waals surface area contributed by atoms with E-state index in [0.717, 1.165) is 5.56 Å². The van der Waals surface area contributed by atoms with E-state index in [0.29, 0.717) is 19.5 Å². The second-order valence-electron chi connectivity index (χ2n) is 5.21. The number of aliphatic hydroxyl groups excluding tert-OH is 1. The zero-order chi connectivity index (χ0) is 13.8. The van der Waals surface area contributed by atoms with Crippen LogP contribution in [-0.4, -0.2) is 47.8 Å². The van der Waals surface area contributed by atoms with Gasteiger partial charge in [0, 0.05) is 13.1 Å². The molecule has 4 nitrogen and oxygen atoms in total. The van der Waals surface area contributed by atoms with Crippen LogP contribution >= 0.6 is 0 Å². The van der Waals surface area contributed by atoms with Gasteiger partial charge in [0.05, 0.1) is 25.2 Å². The fraction of sp³-hybridized carbons (Fsp3) is 0.533. The number of nitrogens with zero attached hydrogens (tertiary/aromatic N) is 1. The van der Waals surface area contributed by atoms with E-state index in [-0.39, 0.29) is 24.7 Å². The van der Waals surface area contributed by atoms with Gasteiger partial charge in [0.1, 0.15) is 0 Å². The van der Waals surface area contributed by atoms with Crippen LogP contribution in [0.4, 0.5) is 0 Å². The predicted molar refractivity (Wildman–Crippen MR) is 72.9 cm³/mol. The van der Waals surface area contributed by atoms with Gasteiger partial charge in [-0.25, -0.2) is 0 Å². The molecule has 1 aliphatic rings. The predicted octanol–water partition coefficient (Wildman–Crippen LogP) is 1.15. The number of ether oxygens (including phenoxy) is 1. The number of rotatable bonds is 3. The number of hydrogen-bond acceptors (Lipinski definition) is 3. The highest BCUT2D eigenvalue weighted by atomic mass is 16.5. The Hall–Kier alpha value is -1.39. The fourth-order valence-electron chi connectivity index (χ4n) is 2.34. The first kappa shape index (κ1) is 14.0. The minimum absolute atomic E-state index is 0.0205. The molecule has 0 spiro atoms. The Morgan fingerprint density at radius 2 is 2.05 bits per heavy atom. The molecule has 0 saturated carbocycles. The lowest BCUT2D eigenvalue weighted by atomic mass is 10.1. The quantitative estimate of drug-likeness (QED) is 0.890. The van der Waals surface area contributed by atoms with Crippen LogP contribution in [0.3, 0.4) is 0 Å². The third kappa shape index (κ3) is 3.78. The van der Waals surface area contributed by atoms with E-state index in [1.165, 1.54) is 5.56 Å². The molecular formula is C15H21NO3. The largest absolute Gasteiger partial charge is 0.394 e. The molecule has 19 heavy (non-hydrogen) atoms. The van der Waals surface area contributed by atoms with E-state index in [1.54, 1.807) is 4.90 Å². The van der Waals surface area contributed by atoms with E-state index in [4.69, 9.17) is 9.84 Å². The van der Waals surface area contributed by atoms with Gasteiger partial charge in [0.15, 0.2) is 0 Å². The highest BCUT2D eigenvalue weighted by molar-refractivity contribution is 5.79. The minimum atomic E-state index is -0.259. The zero-order valence-corrected chi connectivity index (χ0v) is 11.5. The summed E-state index contributed by atoms with van der Waals surface area (Å²) in [6.07, 6.45) is 0.129. The molecule has 1 aromatic rings. The first-order chi connectivity index (χ1) is 9.08. The van der Waals surface area contributed by atoms with Crippen molar-refractivity contribution < 1.29 is 14.6 Å². The molecule has 104 valence electrons. The SMILES string of the molecule is Cc1ccc(CC(=O)N2CC(C)OC(CO)C2)cc1. The number of hydrogen-bond donors (Lipinski definition) is 1. The maximum Gasteiger partial charge on any atom is 0.227 e. The van der Waals surface area contributed by atoms with Crippen LogP contribution in [0.25, 0.3) is 0 Å². The number of aliphatic hydroxyl groups is 1. The Labute approximate surface area is 114 Å². The second kappa shape index (κ2) is 6.17. The monoisotopic (exact) mass is 263 g/mol. The van der Waals surface area contributed by atoms with E-state index in [9.17, 15) is 4.79 Å². The van der Waals surface area contributed by atoms with Crippen LogP contribution in [-0.2, 0) is 16.0 Å². The molecule has 1 heterocycles. The average Bonchev–Trinajstić information content (AvgIpc) is 2.40. The summed E-state index contributed by atoms with van der Waals surface area (Å²) in [5.41, 5.74) is 2.21. The van der Waals surface area contributed by atoms with Crippen molar-refractivity contribution in [2.45, 2.75) is 32.5 Å². The van der Waals surface area contributed by atoms with Gasteiger partial charge in [0.2, 0.25) is 5.91 Å². The fourth-order valence-corrected chi connectivity index (χ4v) is 2.34. The molecule has 2 atom stereocenters. The number of carbonyl (C=O) groups excluding carboxylic acids is 1. The van der Waals surface area contributed by atoms with Gasteiger partial charge in [-0.15, -0.1) is 0 Å². The van der Waals surface area contributed by atoms with Crippen LogP contribution < -0.4 is 0 Å². The Bertz CT molecular complexity index is 430. The van der Waals surface area contributed by atoms with Gasteiger partial charge in [0.25, 0.3) is 0 Å². The highest BCUT2D eigenvalue weighted by Crippen LogP contribution is 2.13. The van der Waals surface area contributed by atoms with E-state index in [1.807, 2.05) is 38.1 Å². The maximum absolute atomic E-state index is 12.2. The molecule has 1 fully saturated rings. The molecule has 1 saturated heterocycles. The Balaban J connectivity index is 1.97. The van der Waals surface area contributed by atoms with Crippen molar-refractivity contribution in [3.63, 3.8) is 0 Å². The van der Waals surface area contributed by atoms with Crippen LogP contribution in [0.1, 0.15) is 18.1 Å². The summed E-state index contributed by atoms with van der Waals surface area (Å²) in [6, 6.07) is 8.00. The minimum Gasteiger partial charge on any atom is -0.394 e. The molecule has 0 bridgehead atoms. The molecule has 0 aliphatic carbocycles. The summed E-state index contributed by atoms with van der Waals surface area (Å²) in [4.78, 5) is 14.0. The van der Waals surface area contributed by atoms with Gasteiger partial charge in [-0.2, -0.15) is 0 Å². The van der Waals surface area contributed by atoms with Gasteiger partial charge in [-0.05, 0) is 19.4 Å². The van der Waals surface area contributed by atoms with E-state index in [2.05, 4.69) is 0 Å². The Morgan fingerprint density at radius 3 is 2.68 bits per heavy atom. The van der Waals surface area contributed by atoms with Gasteiger partial charge < -0.3 is 14.7 Å². The number of morpholine rings is 1. The molecule has 4 heteroatoms. The molecule has 1 N–H and O–H groups in total. The Morgan fingerprint density at radius 1 is 1.37 bits per heavy atom. The molecule has 1 amide bonds. The van der Waals surface area contributed by atoms with Gasteiger partial charge in [-0.1, -0.05) is 29.8 Å². The second-order valence-corrected chi connectivity index (χ2v) is 5.21. The highest BCUT2D eigenvalue weighted by Gasteiger charge is 2.27. The number of amides is 1. The van der Waals surface area contributed by atoms with Crippen LogP contribution in [0.2, 0.25) is 0 Å². The number of aryl methyl sites for hydroxylation is 1. The third-order valence-electron chi connectivity index (χ3n) is 3.36. The average molecular weight is 263 g/mol. The smallest absolute Gasteiger partial charge is 0.227 e. The first-order valence-corrected chi connectivity index (χ1v) is 6.68. The Kier molecular flexibility index (Phi) is 4.56. The summed E-state index contributed by atoms with van der Waals surface area (Å²) >= 11 is 0. The summed E-state index contributed by atoms with van der Waals surface area (Å²) < 4.78 is 5.54. The molecule has 2 rings (SSSR count). The van der Waals surface area contributed by atoms with Crippen LogP contribution in [0.15, 0.2) is 24.3 Å². The van der Waals surface area contributed by atoms with Crippen molar-refractivity contribution in [3.8, 4) is 0 Å². The third-order valence-corrected chi connectivity index (χ3v) is 3.36. The number of benzene rings is 1. The van der Waals surface area contributed by atoms with Crippen LogP contribution in [0, 0.1) is 6.92 Å². The first-order valence-electron chi connectivity index (χ1n) is 6.68. The molecule has 2 unspecified atom stereocenters. The lowest BCUT2D eigenvalue weighted by molar-refractivity contribution is -0.146. The summed E-state index contributed by atoms with van der Waals surface area (Å²) in [5, 5.41) is 9.17. The summed E-state index contributed by atoms with van der Waals surface area (Å²) in [6.45, 7) is 4.99. The zero-order valence-electron chi connectivity index (χ0n) is 11.5. The number of carbonyl (C=O) groups is 1. The van der Waals surface area contributed by atoms with Crippen LogP contribution in [0.5, 0.6) is 0 Å². The molecule has 1 aromatic carbocycles. The van der Waals surface area contributed by atoms with Crippen molar-refractivity contribution >= 4 is 5.91 Å². The van der Waals surface area contributed by atoms with E-state index >= 15 is 0 Å². The van der Waals surface area contributed by atoms with Crippen molar-refractivity contribution in [1.82, 2.24) is 4.90 Å². The summed E-state index contributed by atoms with van der Waals surface area (Å²) in [5.74, 6) is 0.0949.